The zero-order valence-corrected chi connectivity index (χ0v) is 2.59. The minimum absolute atomic E-state index is 0. The van der Waals surface area contributed by atoms with Crippen LogP contribution in [0.1, 0.15) is 0 Å². The molecule has 6 heavy (non-hydrogen) atoms. The van der Waals surface area contributed by atoms with Crippen LogP contribution >= 0.6 is 0 Å². The second-order valence-corrected chi connectivity index (χ2v) is 0.676. The summed E-state index contributed by atoms with van der Waals surface area (Å²) in [6, 6.07) is 0. The van der Waals surface area contributed by atoms with Crippen molar-refractivity contribution >= 4 is 11.0 Å². The van der Waals surface area contributed by atoms with Crippen LogP contribution in [0.3, 0.4) is 0 Å². The van der Waals surface area contributed by atoms with E-state index in [9.17, 15) is 0 Å². The molecule has 0 bridgehead atoms. The maximum Gasteiger partial charge on any atom is 0.180 e. The Kier molecular flexibility index (Phi) is 2.40. The summed E-state index contributed by atoms with van der Waals surface area (Å²) >= 11 is 0. The molecule has 34 valence electrons. The first-order chi connectivity index (χ1) is 2.50. The van der Waals surface area contributed by atoms with Gasteiger partial charge in [0.25, 0.3) is 0 Å². The maximum atomic E-state index is 4.47. The SMILES string of the molecule is [SiH4].c1cocn1. The van der Waals surface area contributed by atoms with Gasteiger partial charge in [-0.2, -0.15) is 0 Å². The molecule has 2 nitrogen and oxygen atoms in total. The molecular formula is C3H7NOSi. The average Bonchev–Trinajstić information content (AvgIpc) is 1.76. The molecule has 1 aromatic rings. The van der Waals surface area contributed by atoms with Gasteiger partial charge < -0.3 is 4.42 Å². The minimum atomic E-state index is 0. The molecule has 0 spiro atoms. The number of oxazole rings is 1. The molecular weight excluding hydrogens is 94.1 g/mol. The third-order valence-electron chi connectivity index (χ3n) is 0.347. The molecule has 0 unspecified atom stereocenters. The molecule has 0 aliphatic rings. The molecule has 0 aromatic carbocycles. The van der Waals surface area contributed by atoms with Crippen LogP contribution in [0.25, 0.3) is 0 Å². The van der Waals surface area contributed by atoms with Crippen molar-refractivity contribution in [2.24, 2.45) is 0 Å². The van der Waals surface area contributed by atoms with Crippen LogP contribution in [0.5, 0.6) is 0 Å². The highest BCUT2D eigenvalue weighted by Crippen LogP contribution is 1.72. The van der Waals surface area contributed by atoms with E-state index in [0.717, 1.165) is 0 Å². The van der Waals surface area contributed by atoms with Crippen molar-refractivity contribution in [2.45, 2.75) is 0 Å². The Hall–Kier alpha value is -0.573. The molecule has 3 heteroatoms. The van der Waals surface area contributed by atoms with Gasteiger partial charge in [0.05, 0.1) is 6.20 Å². The van der Waals surface area contributed by atoms with Crippen molar-refractivity contribution < 1.29 is 4.42 Å². The lowest BCUT2D eigenvalue weighted by atomic mass is 11.0. The summed E-state index contributed by atoms with van der Waals surface area (Å²) in [6.45, 7) is 0. The van der Waals surface area contributed by atoms with Crippen LogP contribution in [0.2, 0.25) is 0 Å². The summed E-state index contributed by atoms with van der Waals surface area (Å²) in [5.41, 5.74) is 0. The van der Waals surface area contributed by atoms with Crippen molar-refractivity contribution in [3.63, 3.8) is 0 Å². The molecule has 0 saturated heterocycles. The molecule has 0 fully saturated rings. The van der Waals surface area contributed by atoms with E-state index in [2.05, 4.69) is 9.40 Å². The molecule has 0 aliphatic carbocycles. The van der Waals surface area contributed by atoms with E-state index in [1.54, 1.807) is 6.20 Å². The quantitative estimate of drug-likeness (QED) is 0.401. The summed E-state index contributed by atoms with van der Waals surface area (Å²) < 4.78 is 4.47. The molecule has 0 amide bonds. The van der Waals surface area contributed by atoms with Crippen LogP contribution < -0.4 is 0 Å². The third-order valence-corrected chi connectivity index (χ3v) is 0.347. The molecule has 1 rings (SSSR count). The number of aromatic nitrogens is 1. The Bertz CT molecular complexity index is 67.3. The number of nitrogens with zero attached hydrogens (tertiary/aromatic N) is 1. The topological polar surface area (TPSA) is 26.0 Å². The van der Waals surface area contributed by atoms with Crippen molar-refractivity contribution in [1.29, 1.82) is 0 Å². The lowest BCUT2D eigenvalue weighted by Gasteiger charge is -1.47. The van der Waals surface area contributed by atoms with Crippen LogP contribution in [0, 0.1) is 0 Å². The predicted octanol–water partition coefficient (Wildman–Crippen LogP) is -0.777. The van der Waals surface area contributed by atoms with E-state index in [1.165, 1.54) is 12.7 Å². The molecule has 1 aromatic heterocycles. The second-order valence-electron chi connectivity index (χ2n) is 0.676. The van der Waals surface area contributed by atoms with Gasteiger partial charge in [0.2, 0.25) is 0 Å². The highest BCUT2D eigenvalue weighted by Gasteiger charge is 1.59. The number of rotatable bonds is 0. The first kappa shape index (κ1) is 5.43. The first-order valence-corrected chi connectivity index (χ1v) is 1.32. The molecule has 0 aliphatic heterocycles. The van der Waals surface area contributed by atoms with Gasteiger partial charge in [-0.15, -0.1) is 0 Å². The van der Waals surface area contributed by atoms with Gasteiger partial charge in [-0.25, -0.2) is 4.98 Å². The van der Waals surface area contributed by atoms with Gasteiger partial charge in [0.1, 0.15) is 6.26 Å². The summed E-state index contributed by atoms with van der Waals surface area (Å²) in [5, 5.41) is 0. The van der Waals surface area contributed by atoms with Crippen LogP contribution in [-0.4, -0.2) is 15.9 Å². The third kappa shape index (κ3) is 1.03. The van der Waals surface area contributed by atoms with Crippen LogP contribution in [0.15, 0.2) is 23.3 Å². The highest BCUT2D eigenvalue weighted by molar-refractivity contribution is 5.75. The Morgan fingerprint density at radius 1 is 1.50 bits per heavy atom. The lowest BCUT2D eigenvalue weighted by Crippen LogP contribution is -1.38. The predicted molar refractivity (Wildman–Crippen MR) is 27.8 cm³/mol. The van der Waals surface area contributed by atoms with Gasteiger partial charge in [-0.1, -0.05) is 0 Å². The minimum Gasteiger partial charge on any atom is -0.452 e. The van der Waals surface area contributed by atoms with Gasteiger partial charge in [0.15, 0.2) is 6.39 Å². The van der Waals surface area contributed by atoms with Crippen molar-refractivity contribution in [3.8, 4) is 0 Å². The largest absolute Gasteiger partial charge is 0.452 e. The summed E-state index contributed by atoms with van der Waals surface area (Å²) in [5.74, 6) is 0. The molecule has 0 saturated carbocycles. The van der Waals surface area contributed by atoms with E-state index in [-0.39, 0.29) is 11.0 Å². The monoisotopic (exact) mass is 101 g/mol. The van der Waals surface area contributed by atoms with E-state index in [1.807, 2.05) is 0 Å². The fourth-order valence-corrected chi connectivity index (χ4v) is 0.176. The highest BCUT2D eigenvalue weighted by atomic mass is 28.1. The van der Waals surface area contributed by atoms with Gasteiger partial charge in [-0.3, -0.25) is 0 Å². The van der Waals surface area contributed by atoms with Gasteiger partial charge in [0, 0.05) is 0 Å². The molecule has 0 radical (unpaired) electrons. The van der Waals surface area contributed by atoms with E-state index < -0.39 is 0 Å². The Morgan fingerprint density at radius 2 is 2.33 bits per heavy atom. The Morgan fingerprint density at radius 3 is 2.50 bits per heavy atom. The normalized spacial score (nSPS) is 6.67. The molecule has 1 heterocycles. The maximum absolute atomic E-state index is 4.47. The Labute approximate surface area is 40.2 Å². The van der Waals surface area contributed by atoms with Crippen molar-refractivity contribution in [2.75, 3.05) is 0 Å². The lowest BCUT2D eigenvalue weighted by molar-refractivity contribution is 0.558. The molecule has 0 atom stereocenters. The van der Waals surface area contributed by atoms with Crippen molar-refractivity contribution in [3.05, 3.63) is 18.9 Å². The van der Waals surface area contributed by atoms with Gasteiger partial charge >= 0.3 is 0 Å². The summed E-state index contributed by atoms with van der Waals surface area (Å²) in [7, 11) is 0. The Balaban J connectivity index is 0.000000250. The van der Waals surface area contributed by atoms with E-state index >= 15 is 0 Å². The van der Waals surface area contributed by atoms with Crippen LogP contribution in [0.4, 0.5) is 0 Å². The average molecular weight is 101 g/mol. The fraction of sp³-hybridized carbons (Fsp3) is 0. The van der Waals surface area contributed by atoms with Crippen LogP contribution in [-0.2, 0) is 0 Å². The van der Waals surface area contributed by atoms with E-state index in [0.29, 0.717) is 0 Å². The smallest absolute Gasteiger partial charge is 0.180 e. The summed E-state index contributed by atoms with van der Waals surface area (Å²) in [6.07, 6.45) is 4.47. The standard InChI is InChI=1S/C3H3NO.H4Si/c1-2-5-3-4-1;/h1-3H;1H4. The second kappa shape index (κ2) is 2.65. The van der Waals surface area contributed by atoms with Crippen molar-refractivity contribution in [1.82, 2.24) is 4.98 Å². The molecule has 0 N–H and O–H groups in total. The number of hydrogen-bond acceptors (Lipinski definition) is 2. The zero-order valence-electron chi connectivity index (χ0n) is 2.59. The summed E-state index contributed by atoms with van der Waals surface area (Å²) in [4.78, 5) is 3.56. The first-order valence-electron chi connectivity index (χ1n) is 1.32. The zero-order chi connectivity index (χ0) is 3.54. The fourth-order valence-electron chi connectivity index (χ4n) is 0.176. The number of hydrogen-bond donors (Lipinski definition) is 0. The van der Waals surface area contributed by atoms with E-state index in [4.69, 9.17) is 0 Å². The van der Waals surface area contributed by atoms with Gasteiger partial charge in [-0.05, 0) is 11.0 Å².